The summed E-state index contributed by atoms with van der Waals surface area (Å²) in [5.74, 6) is 0. The highest BCUT2D eigenvalue weighted by Gasteiger charge is 1.96. The van der Waals surface area contributed by atoms with Gasteiger partial charge in [0, 0.05) is 0 Å². The molecule has 0 spiro atoms. The first-order valence-corrected chi connectivity index (χ1v) is 2.76. The van der Waals surface area contributed by atoms with E-state index in [0.29, 0.717) is 5.71 Å². The summed E-state index contributed by atoms with van der Waals surface area (Å²) in [6, 6.07) is 0. The van der Waals surface area contributed by atoms with E-state index in [4.69, 9.17) is 10.5 Å². The van der Waals surface area contributed by atoms with Crippen LogP contribution in [-0.2, 0) is 0 Å². The number of aliphatic imine (C=N–C) groups is 1. The maximum atomic E-state index is 8.07. The lowest BCUT2D eigenvalue weighted by Crippen LogP contribution is -2.22. The lowest BCUT2D eigenvalue weighted by atomic mass is 10.4. The van der Waals surface area contributed by atoms with Crippen LogP contribution < -0.4 is 5.32 Å². The highest BCUT2D eigenvalue weighted by atomic mass is 32.1. The largest absolute Gasteiger partial charge is 0.282 e. The van der Waals surface area contributed by atoms with Crippen molar-refractivity contribution in [2.45, 2.75) is 6.92 Å². The van der Waals surface area contributed by atoms with Crippen LogP contribution in [0.15, 0.2) is 4.99 Å². The highest BCUT2D eigenvalue weighted by molar-refractivity contribution is 7.82. The van der Waals surface area contributed by atoms with Crippen LogP contribution in [0, 0.1) is 22.9 Å². The molecule has 0 aromatic carbocycles. The smallest absolute Gasteiger partial charge is 0.206 e. The Bertz CT molecular complexity index is 241. The zero-order chi connectivity index (χ0) is 7.98. The molecule has 0 unspecified atom stereocenters. The standard InChI is InChI=1S/C5H4N4S/c1-4(8-2-6)5(10)9-3-7/h1H3,(H,9,10). The third kappa shape index (κ3) is 2.75. The minimum Gasteiger partial charge on any atom is -0.282 e. The molecule has 0 aromatic rings. The first-order chi connectivity index (χ1) is 4.72. The summed E-state index contributed by atoms with van der Waals surface area (Å²) in [4.78, 5) is 3.49. The predicted molar refractivity (Wildman–Crippen MR) is 40.1 cm³/mol. The molecule has 0 atom stereocenters. The Morgan fingerprint density at radius 1 is 1.60 bits per heavy atom. The van der Waals surface area contributed by atoms with E-state index in [9.17, 15) is 0 Å². The molecule has 0 saturated carbocycles. The predicted octanol–water partition coefficient (Wildman–Crippen LogP) is 0.326. The monoisotopic (exact) mass is 152 g/mol. The summed E-state index contributed by atoms with van der Waals surface area (Å²) in [7, 11) is 0. The van der Waals surface area contributed by atoms with E-state index in [-0.39, 0.29) is 4.99 Å². The number of nitrogens with one attached hydrogen (secondary N) is 1. The quantitative estimate of drug-likeness (QED) is 0.254. The minimum absolute atomic E-state index is 0.184. The maximum absolute atomic E-state index is 8.07. The topological polar surface area (TPSA) is 72.0 Å². The summed E-state index contributed by atoms with van der Waals surface area (Å²) in [5.41, 5.74) is 0.346. The van der Waals surface area contributed by atoms with Gasteiger partial charge in [-0.05, 0) is 6.92 Å². The molecular weight excluding hydrogens is 148 g/mol. The fourth-order valence-corrected chi connectivity index (χ4v) is 0.358. The van der Waals surface area contributed by atoms with Gasteiger partial charge in [-0.25, -0.2) is 0 Å². The highest BCUT2D eigenvalue weighted by Crippen LogP contribution is 1.78. The third-order valence-corrected chi connectivity index (χ3v) is 1.11. The Labute approximate surface area is 63.8 Å². The van der Waals surface area contributed by atoms with Crippen LogP contribution >= 0.6 is 12.2 Å². The van der Waals surface area contributed by atoms with Crippen LogP contribution in [0.1, 0.15) is 6.92 Å². The fourth-order valence-electron chi connectivity index (χ4n) is 0.267. The molecular formula is C5H4N4S. The molecule has 0 aromatic heterocycles. The van der Waals surface area contributed by atoms with Gasteiger partial charge < -0.3 is 0 Å². The lowest BCUT2D eigenvalue weighted by molar-refractivity contribution is 1.30. The van der Waals surface area contributed by atoms with Crippen molar-refractivity contribution >= 4 is 22.9 Å². The van der Waals surface area contributed by atoms with Crippen molar-refractivity contribution in [1.29, 1.82) is 10.5 Å². The van der Waals surface area contributed by atoms with Crippen molar-refractivity contribution in [3.63, 3.8) is 0 Å². The molecule has 0 bridgehead atoms. The van der Waals surface area contributed by atoms with Crippen LogP contribution in [0.5, 0.6) is 0 Å². The minimum atomic E-state index is 0.184. The number of nitrogens with zero attached hydrogens (tertiary/aromatic N) is 3. The van der Waals surface area contributed by atoms with E-state index in [2.05, 4.69) is 22.5 Å². The molecule has 0 aliphatic heterocycles. The second-order valence-corrected chi connectivity index (χ2v) is 1.77. The van der Waals surface area contributed by atoms with E-state index in [1.807, 2.05) is 0 Å². The first-order valence-electron chi connectivity index (χ1n) is 2.35. The van der Waals surface area contributed by atoms with E-state index in [0.717, 1.165) is 0 Å². The van der Waals surface area contributed by atoms with Gasteiger partial charge in [-0.15, -0.1) is 0 Å². The van der Waals surface area contributed by atoms with Crippen LogP contribution in [0.4, 0.5) is 0 Å². The normalized spacial score (nSPS) is 9.30. The molecule has 0 aliphatic carbocycles. The molecule has 1 N–H and O–H groups in total. The zero-order valence-corrected chi connectivity index (χ0v) is 6.07. The van der Waals surface area contributed by atoms with E-state index in [1.165, 1.54) is 0 Å². The van der Waals surface area contributed by atoms with Crippen LogP contribution in [0.2, 0.25) is 0 Å². The van der Waals surface area contributed by atoms with Crippen molar-refractivity contribution in [2.75, 3.05) is 0 Å². The van der Waals surface area contributed by atoms with Gasteiger partial charge in [-0.1, -0.05) is 12.2 Å². The van der Waals surface area contributed by atoms with Gasteiger partial charge in [0.15, 0.2) is 6.19 Å². The van der Waals surface area contributed by atoms with Crippen molar-refractivity contribution in [2.24, 2.45) is 4.99 Å². The Hall–Kier alpha value is -1.46. The number of hydrogen-bond acceptors (Lipinski definition) is 4. The summed E-state index contributed by atoms with van der Waals surface area (Å²) < 4.78 is 0. The van der Waals surface area contributed by atoms with Gasteiger partial charge in [-0.2, -0.15) is 15.5 Å². The number of nitriles is 2. The Balaban J connectivity index is 4.14. The van der Waals surface area contributed by atoms with Crippen LogP contribution in [-0.4, -0.2) is 10.7 Å². The molecule has 10 heavy (non-hydrogen) atoms. The second kappa shape index (κ2) is 4.42. The van der Waals surface area contributed by atoms with Gasteiger partial charge in [-0.3, -0.25) is 5.32 Å². The van der Waals surface area contributed by atoms with Gasteiger partial charge in [0.25, 0.3) is 0 Å². The zero-order valence-electron chi connectivity index (χ0n) is 5.25. The van der Waals surface area contributed by atoms with Crippen LogP contribution in [0.3, 0.4) is 0 Å². The van der Waals surface area contributed by atoms with Crippen molar-refractivity contribution in [3.05, 3.63) is 0 Å². The molecule has 0 amide bonds. The summed E-state index contributed by atoms with van der Waals surface area (Å²) in [6.07, 6.45) is 3.18. The van der Waals surface area contributed by atoms with Gasteiger partial charge in [0.05, 0.1) is 5.71 Å². The van der Waals surface area contributed by atoms with E-state index in [1.54, 1.807) is 19.3 Å². The average molecular weight is 152 g/mol. The van der Waals surface area contributed by atoms with Gasteiger partial charge in [0.1, 0.15) is 4.99 Å². The van der Waals surface area contributed by atoms with E-state index >= 15 is 0 Å². The Kier molecular flexibility index (Phi) is 3.78. The Morgan fingerprint density at radius 3 is 2.60 bits per heavy atom. The number of thiocarbonyl (C=S) groups is 1. The molecule has 0 fully saturated rings. The van der Waals surface area contributed by atoms with Crippen molar-refractivity contribution in [1.82, 2.24) is 5.32 Å². The number of hydrogen-bond donors (Lipinski definition) is 1. The number of rotatable bonds is 1. The fraction of sp³-hybridized carbons (Fsp3) is 0.200. The van der Waals surface area contributed by atoms with Crippen molar-refractivity contribution < 1.29 is 0 Å². The first kappa shape index (κ1) is 8.54. The Morgan fingerprint density at radius 2 is 2.20 bits per heavy atom. The molecule has 0 radical (unpaired) electrons. The maximum Gasteiger partial charge on any atom is 0.206 e. The molecule has 0 rings (SSSR count). The average Bonchev–Trinajstić information content (AvgIpc) is 1.89. The molecule has 50 valence electrons. The molecule has 0 heterocycles. The van der Waals surface area contributed by atoms with Gasteiger partial charge >= 0.3 is 0 Å². The summed E-state index contributed by atoms with van der Waals surface area (Å²) in [6.45, 7) is 1.55. The lowest BCUT2D eigenvalue weighted by Gasteiger charge is -1.93. The van der Waals surface area contributed by atoms with Gasteiger partial charge in [0.2, 0.25) is 6.19 Å². The molecule has 5 heteroatoms. The summed E-state index contributed by atoms with van der Waals surface area (Å²) in [5, 5.41) is 18.3. The molecule has 0 aliphatic rings. The summed E-state index contributed by atoms with van der Waals surface area (Å²) >= 11 is 4.63. The van der Waals surface area contributed by atoms with Crippen molar-refractivity contribution in [3.8, 4) is 12.4 Å². The van der Waals surface area contributed by atoms with Crippen LogP contribution in [0.25, 0.3) is 0 Å². The SMILES string of the molecule is CC(=NC#N)C(=S)NC#N. The third-order valence-electron chi connectivity index (χ3n) is 0.716. The van der Waals surface area contributed by atoms with E-state index < -0.39 is 0 Å². The molecule has 0 saturated heterocycles. The second-order valence-electron chi connectivity index (χ2n) is 1.36. The molecule has 4 nitrogen and oxygen atoms in total.